The molecule has 128 valence electrons. The minimum absolute atomic E-state index is 0.826. The Morgan fingerprint density at radius 3 is 2.15 bits per heavy atom. The number of fused-ring (bicyclic) bond motifs is 2. The molecular formula is C25H23N. The molecule has 0 fully saturated rings. The quantitative estimate of drug-likeness (QED) is 0.374. The molecule has 0 amide bonds. The van der Waals surface area contributed by atoms with E-state index in [1.165, 1.54) is 32.8 Å². The van der Waals surface area contributed by atoms with E-state index < -0.39 is 0 Å². The summed E-state index contributed by atoms with van der Waals surface area (Å²) in [7, 11) is 0. The van der Waals surface area contributed by atoms with Gasteiger partial charge >= 0.3 is 0 Å². The predicted molar refractivity (Wildman–Crippen MR) is 115 cm³/mol. The molecule has 1 heteroatoms. The van der Waals surface area contributed by atoms with Crippen LogP contribution in [0.5, 0.6) is 0 Å². The summed E-state index contributed by atoms with van der Waals surface area (Å²) in [5.74, 6) is 0. The highest BCUT2D eigenvalue weighted by Gasteiger charge is 2.11. The Balaban J connectivity index is 1.76. The molecule has 0 spiro atoms. The SMILES string of the molecule is C=C(CN(CC)c1cccc2cc3ccccc3cc12)c1ccccc1. The molecule has 0 aromatic heterocycles. The first-order valence-corrected chi connectivity index (χ1v) is 9.16. The lowest BCUT2D eigenvalue weighted by atomic mass is 10.0. The van der Waals surface area contributed by atoms with Gasteiger partial charge in [0.2, 0.25) is 0 Å². The second-order valence-corrected chi connectivity index (χ2v) is 6.68. The highest BCUT2D eigenvalue weighted by atomic mass is 15.1. The molecule has 0 heterocycles. The monoisotopic (exact) mass is 337 g/mol. The highest BCUT2D eigenvalue weighted by Crippen LogP contribution is 2.31. The second kappa shape index (κ2) is 7.05. The number of hydrogen-bond acceptors (Lipinski definition) is 1. The first kappa shape index (κ1) is 16.4. The number of rotatable bonds is 5. The first-order valence-electron chi connectivity index (χ1n) is 9.16. The normalized spacial score (nSPS) is 11.0. The fourth-order valence-corrected chi connectivity index (χ4v) is 3.59. The third-order valence-corrected chi connectivity index (χ3v) is 5.01. The zero-order valence-electron chi connectivity index (χ0n) is 15.2. The van der Waals surface area contributed by atoms with Crippen molar-refractivity contribution < 1.29 is 0 Å². The maximum absolute atomic E-state index is 4.33. The van der Waals surface area contributed by atoms with Gasteiger partial charge in [-0.15, -0.1) is 0 Å². The van der Waals surface area contributed by atoms with Crippen LogP contribution in [0.3, 0.4) is 0 Å². The molecule has 0 unspecified atom stereocenters. The van der Waals surface area contributed by atoms with Crippen molar-refractivity contribution in [3.05, 3.63) is 97.1 Å². The van der Waals surface area contributed by atoms with Crippen molar-refractivity contribution >= 4 is 32.8 Å². The highest BCUT2D eigenvalue weighted by molar-refractivity contribution is 6.04. The van der Waals surface area contributed by atoms with E-state index in [1.54, 1.807) is 0 Å². The minimum atomic E-state index is 0.826. The Hall–Kier alpha value is -3.06. The van der Waals surface area contributed by atoms with Gasteiger partial charge in [-0.25, -0.2) is 0 Å². The van der Waals surface area contributed by atoms with Crippen LogP contribution in [0.25, 0.3) is 27.1 Å². The molecule has 0 N–H and O–H groups in total. The summed E-state index contributed by atoms with van der Waals surface area (Å²) in [6, 6.07) is 30.2. The Bertz CT molecular complexity index is 1060. The molecule has 0 aliphatic heterocycles. The Kier molecular flexibility index (Phi) is 4.45. The van der Waals surface area contributed by atoms with Crippen molar-refractivity contribution in [2.75, 3.05) is 18.0 Å². The minimum Gasteiger partial charge on any atom is -0.367 e. The van der Waals surface area contributed by atoms with Gasteiger partial charge < -0.3 is 4.90 Å². The van der Waals surface area contributed by atoms with Crippen molar-refractivity contribution in [3.63, 3.8) is 0 Å². The molecule has 26 heavy (non-hydrogen) atoms. The second-order valence-electron chi connectivity index (χ2n) is 6.68. The van der Waals surface area contributed by atoms with Crippen molar-refractivity contribution in [1.29, 1.82) is 0 Å². The summed E-state index contributed by atoms with van der Waals surface area (Å²) in [6.07, 6.45) is 0. The topological polar surface area (TPSA) is 3.24 Å². The molecule has 0 saturated carbocycles. The van der Waals surface area contributed by atoms with Crippen molar-refractivity contribution in [2.24, 2.45) is 0 Å². The standard InChI is InChI=1S/C25H23N/c1-3-26(18-19(2)20-10-5-4-6-11-20)25-15-9-14-23-16-21-12-7-8-13-22(21)17-24(23)25/h4-17H,2-3,18H2,1H3. The molecule has 4 rings (SSSR count). The van der Waals surface area contributed by atoms with Gasteiger partial charge in [0.1, 0.15) is 0 Å². The average molecular weight is 337 g/mol. The molecule has 4 aromatic carbocycles. The van der Waals surface area contributed by atoms with Crippen LogP contribution in [0.2, 0.25) is 0 Å². The first-order chi connectivity index (χ1) is 12.8. The summed E-state index contributed by atoms with van der Waals surface area (Å²) >= 11 is 0. The lowest BCUT2D eigenvalue weighted by molar-refractivity contribution is 0.919. The Morgan fingerprint density at radius 2 is 1.42 bits per heavy atom. The van der Waals surface area contributed by atoms with E-state index in [4.69, 9.17) is 0 Å². The van der Waals surface area contributed by atoms with E-state index in [-0.39, 0.29) is 0 Å². The average Bonchev–Trinajstić information content (AvgIpc) is 2.70. The summed E-state index contributed by atoms with van der Waals surface area (Å²) in [5, 5.41) is 5.15. The fraction of sp³-hybridized carbons (Fsp3) is 0.120. The molecule has 4 aromatic rings. The number of nitrogens with zero attached hydrogens (tertiary/aromatic N) is 1. The molecule has 0 atom stereocenters. The lowest BCUT2D eigenvalue weighted by Crippen LogP contribution is -2.24. The van der Waals surface area contributed by atoms with Gasteiger partial charge in [-0.1, -0.05) is 73.3 Å². The smallest absolute Gasteiger partial charge is 0.0449 e. The van der Waals surface area contributed by atoms with E-state index in [1.807, 2.05) is 6.07 Å². The van der Waals surface area contributed by atoms with Crippen LogP contribution in [-0.2, 0) is 0 Å². The van der Waals surface area contributed by atoms with E-state index in [2.05, 4.69) is 97.3 Å². The Labute approximate surface area is 155 Å². The largest absolute Gasteiger partial charge is 0.367 e. The van der Waals surface area contributed by atoms with Crippen LogP contribution in [0.15, 0.2) is 91.5 Å². The van der Waals surface area contributed by atoms with Gasteiger partial charge in [-0.2, -0.15) is 0 Å². The van der Waals surface area contributed by atoms with Crippen LogP contribution in [-0.4, -0.2) is 13.1 Å². The van der Waals surface area contributed by atoms with Crippen LogP contribution >= 0.6 is 0 Å². The predicted octanol–water partition coefficient (Wildman–Crippen LogP) is 6.53. The summed E-state index contributed by atoms with van der Waals surface area (Å²) in [4.78, 5) is 2.41. The molecule has 0 radical (unpaired) electrons. The van der Waals surface area contributed by atoms with Crippen LogP contribution in [0.4, 0.5) is 5.69 Å². The van der Waals surface area contributed by atoms with E-state index in [0.717, 1.165) is 18.7 Å². The molecule has 0 aliphatic rings. The van der Waals surface area contributed by atoms with Crippen molar-refractivity contribution in [2.45, 2.75) is 6.92 Å². The zero-order valence-corrected chi connectivity index (χ0v) is 15.2. The molecule has 0 saturated heterocycles. The van der Waals surface area contributed by atoms with E-state index in [9.17, 15) is 0 Å². The van der Waals surface area contributed by atoms with Gasteiger partial charge in [0.15, 0.2) is 0 Å². The fourth-order valence-electron chi connectivity index (χ4n) is 3.59. The van der Waals surface area contributed by atoms with Gasteiger partial charge in [0.05, 0.1) is 0 Å². The Morgan fingerprint density at radius 1 is 0.769 bits per heavy atom. The summed E-state index contributed by atoms with van der Waals surface area (Å²) in [5.41, 5.74) is 3.62. The summed E-state index contributed by atoms with van der Waals surface area (Å²) in [6.45, 7) is 8.30. The third kappa shape index (κ3) is 3.09. The third-order valence-electron chi connectivity index (χ3n) is 5.01. The van der Waals surface area contributed by atoms with E-state index >= 15 is 0 Å². The van der Waals surface area contributed by atoms with Gasteiger partial charge in [0.25, 0.3) is 0 Å². The zero-order chi connectivity index (χ0) is 17.9. The molecule has 1 nitrogen and oxygen atoms in total. The number of hydrogen-bond donors (Lipinski definition) is 0. The molecule has 0 bridgehead atoms. The molecular weight excluding hydrogens is 314 g/mol. The maximum atomic E-state index is 4.33. The van der Waals surface area contributed by atoms with Crippen LogP contribution in [0, 0.1) is 0 Å². The summed E-state index contributed by atoms with van der Waals surface area (Å²) < 4.78 is 0. The van der Waals surface area contributed by atoms with Crippen molar-refractivity contribution in [3.8, 4) is 0 Å². The van der Waals surface area contributed by atoms with Gasteiger partial charge in [-0.05, 0) is 52.4 Å². The number of anilines is 1. The van der Waals surface area contributed by atoms with Crippen LogP contribution in [0.1, 0.15) is 12.5 Å². The van der Waals surface area contributed by atoms with Gasteiger partial charge in [-0.3, -0.25) is 0 Å². The van der Waals surface area contributed by atoms with E-state index in [0.29, 0.717) is 0 Å². The lowest BCUT2D eigenvalue weighted by Gasteiger charge is -2.26. The van der Waals surface area contributed by atoms with Gasteiger partial charge in [0, 0.05) is 24.2 Å². The maximum Gasteiger partial charge on any atom is 0.0449 e. The molecule has 0 aliphatic carbocycles. The number of benzene rings is 4. The number of likely N-dealkylation sites (N-methyl/N-ethyl adjacent to an activating group) is 1. The van der Waals surface area contributed by atoms with Crippen molar-refractivity contribution in [1.82, 2.24) is 0 Å². The van der Waals surface area contributed by atoms with Crippen LogP contribution < -0.4 is 4.90 Å².